The lowest BCUT2D eigenvalue weighted by Gasteiger charge is -2.28. The fourth-order valence-electron chi connectivity index (χ4n) is 4.62. The zero-order valence-corrected chi connectivity index (χ0v) is 22.6. The number of H-pyrrole nitrogens is 1. The second-order valence-electron chi connectivity index (χ2n) is 9.70. The van der Waals surface area contributed by atoms with Crippen molar-refractivity contribution in [1.29, 1.82) is 0 Å². The number of aromatic nitrogens is 1. The highest BCUT2D eigenvalue weighted by atomic mass is 19.4. The summed E-state index contributed by atoms with van der Waals surface area (Å²) in [5.74, 6) is -1.45. The van der Waals surface area contributed by atoms with Gasteiger partial charge in [-0.15, -0.1) is 0 Å². The second-order valence-corrected chi connectivity index (χ2v) is 9.70. The molecule has 0 saturated carbocycles. The molecular formula is C31H31F4N3O3. The van der Waals surface area contributed by atoms with Gasteiger partial charge in [0.25, 0.3) is 5.91 Å². The van der Waals surface area contributed by atoms with Crippen molar-refractivity contribution in [3.8, 4) is 0 Å². The maximum atomic E-state index is 13.8. The summed E-state index contributed by atoms with van der Waals surface area (Å²) in [5.41, 5.74) is 1.80. The first kappa shape index (κ1) is 29.8. The summed E-state index contributed by atoms with van der Waals surface area (Å²) in [5, 5.41) is 1.01. The first-order valence-electron chi connectivity index (χ1n) is 13.2. The first-order valence-corrected chi connectivity index (χ1v) is 13.2. The number of hydrogen-bond donors (Lipinski definition) is 1. The molecule has 1 aromatic heterocycles. The third-order valence-corrected chi connectivity index (χ3v) is 6.79. The summed E-state index contributed by atoms with van der Waals surface area (Å²) >= 11 is 0. The van der Waals surface area contributed by atoms with Crippen LogP contribution in [-0.4, -0.2) is 59.9 Å². The number of amides is 2. The van der Waals surface area contributed by atoms with E-state index in [1.54, 1.807) is 0 Å². The highest BCUT2D eigenvalue weighted by molar-refractivity contribution is 5.96. The standard InChI is InChI=1S/C31H31F4N3O3/c1-41-17-5-15-38(30(40)23-6-4-7-26(32)18-23)21-29(39)37(20-22-10-12-25(13-11-22)31(33,34)35)16-14-24-19-36-28-9-3-2-8-27(24)28/h2-4,6-13,18-19,36H,5,14-17,20-21H2,1H3. The lowest BCUT2D eigenvalue weighted by atomic mass is 10.1. The Kier molecular flexibility index (Phi) is 9.78. The Hall–Kier alpha value is -4.18. The summed E-state index contributed by atoms with van der Waals surface area (Å²) < 4.78 is 58.2. The van der Waals surface area contributed by atoms with Crippen LogP contribution in [0.15, 0.2) is 79.0 Å². The van der Waals surface area contributed by atoms with Crippen LogP contribution in [0, 0.1) is 5.82 Å². The lowest BCUT2D eigenvalue weighted by molar-refractivity contribution is -0.137. The number of fused-ring (bicyclic) bond motifs is 1. The third kappa shape index (κ3) is 7.94. The zero-order valence-electron chi connectivity index (χ0n) is 22.6. The molecule has 41 heavy (non-hydrogen) atoms. The SMILES string of the molecule is COCCCN(CC(=O)N(CCc1c[nH]c2ccccc12)Cc1ccc(C(F)(F)F)cc1)C(=O)c1cccc(F)c1. The van der Waals surface area contributed by atoms with Crippen molar-refractivity contribution >= 4 is 22.7 Å². The number of carbonyl (C=O) groups is 2. The number of benzene rings is 3. The number of nitrogens with one attached hydrogen (secondary N) is 1. The van der Waals surface area contributed by atoms with E-state index in [0.717, 1.165) is 34.7 Å². The van der Waals surface area contributed by atoms with Gasteiger partial charge in [0.15, 0.2) is 0 Å². The van der Waals surface area contributed by atoms with E-state index in [2.05, 4.69) is 4.98 Å². The number of para-hydroxylation sites is 1. The quantitative estimate of drug-likeness (QED) is 0.166. The van der Waals surface area contributed by atoms with Gasteiger partial charge >= 0.3 is 6.18 Å². The molecule has 1 heterocycles. The molecule has 0 atom stereocenters. The van der Waals surface area contributed by atoms with Crippen LogP contribution in [0.4, 0.5) is 17.6 Å². The fraction of sp³-hybridized carbons (Fsp3) is 0.290. The van der Waals surface area contributed by atoms with Gasteiger partial charge in [0.2, 0.25) is 5.91 Å². The van der Waals surface area contributed by atoms with Crippen LogP contribution in [0.5, 0.6) is 0 Å². The van der Waals surface area contributed by atoms with E-state index in [0.29, 0.717) is 25.0 Å². The van der Waals surface area contributed by atoms with E-state index in [4.69, 9.17) is 4.74 Å². The van der Waals surface area contributed by atoms with E-state index in [1.807, 2.05) is 30.5 Å². The van der Waals surface area contributed by atoms with E-state index < -0.39 is 23.5 Å². The smallest absolute Gasteiger partial charge is 0.385 e. The van der Waals surface area contributed by atoms with Crippen LogP contribution in [0.1, 0.15) is 33.5 Å². The van der Waals surface area contributed by atoms with Gasteiger partial charge in [0, 0.05) is 56.0 Å². The van der Waals surface area contributed by atoms with Gasteiger partial charge in [0.05, 0.1) is 5.56 Å². The molecule has 0 aliphatic heterocycles. The molecule has 4 rings (SSSR count). The molecule has 0 bridgehead atoms. The zero-order chi connectivity index (χ0) is 29.4. The highest BCUT2D eigenvalue weighted by Gasteiger charge is 2.30. The predicted octanol–water partition coefficient (Wildman–Crippen LogP) is 6.08. The Morgan fingerprint density at radius 2 is 1.68 bits per heavy atom. The number of hydrogen-bond acceptors (Lipinski definition) is 3. The molecule has 0 radical (unpaired) electrons. The molecule has 0 saturated heterocycles. The largest absolute Gasteiger partial charge is 0.416 e. The molecule has 216 valence electrons. The predicted molar refractivity (Wildman–Crippen MR) is 148 cm³/mol. The molecule has 0 unspecified atom stereocenters. The van der Waals surface area contributed by atoms with Gasteiger partial charge in [-0.1, -0.05) is 36.4 Å². The van der Waals surface area contributed by atoms with Gasteiger partial charge in [-0.3, -0.25) is 9.59 Å². The molecule has 1 N–H and O–H groups in total. The number of methoxy groups -OCH3 is 1. The van der Waals surface area contributed by atoms with Crippen molar-refractivity contribution < 1.29 is 31.9 Å². The van der Waals surface area contributed by atoms with Crippen LogP contribution in [0.2, 0.25) is 0 Å². The maximum Gasteiger partial charge on any atom is 0.416 e. The third-order valence-electron chi connectivity index (χ3n) is 6.79. The number of ether oxygens (including phenoxy) is 1. The van der Waals surface area contributed by atoms with Crippen molar-refractivity contribution in [3.63, 3.8) is 0 Å². The van der Waals surface area contributed by atoms with Gasteiger partial charge < -0.3 is 19.5 Å². The molecule has 3 aromatic carbocycles. The van der Waals surface area contributed by atoms with Gasteiger partial charge in [-0.25, -0.2) is 4.39 Å². The Labute approximate surface area is 235 Å². The minimum absolute atomic E-state index is 0.0550. The molecule has 0 aliphatic rings. The highest BCUT2D eigenvalue weighted by Crippen LogP contribution is 2.29. The van der Waals surface area contributed by atoms with Gasteiger partial charge in [-0.05, 0) is 60.4 Å². The minimum atomic E-state index is -4.47. The lowest BCUT2D eigenvalue weighted by Crippen LogP contribution is -2.44. The summed E-state index contributed by atoms with van der Waals surface area (Å²) in [4.78, 5) is 33.0. The Bertz CT molecular complexity index is 1470. The number of rotatable bonds is 12. The van der Waals surface area contributed by atoms with Crippen LogP contribution < -0.4 is 0 Å². The summed E-state index contributed by atoms with van der Waals surface area (Å²) in [6, 6.07) is 17.7. The molecular weight excluding hydrogens is 538 g/mol. The van der Waals surface area contributed by atoms with Crippen molar-refractivity contribution in [3.05, 3.63) is 107 Å². The second kappa shape index (κ2) is 13.5. The topological polar surface area (TPSA) is 65.6 Å². The number of halogens is 4. The van der Waals surface area contributed by atoms with E-state index in [-0.39, 0.29) is 37.6 Å². The van der Waals surface area contributed by atoms with Gasteiger partial charge in [0.1, 0.15) is 12.4 Å². The molecule has 4 aromatic rings. The molecule has 2 amide bonds. The van der Waals surface area contributed by atoms with Crippen LogP contribution in [-0.2, 0) is 28.7 Å². The first-order chi connectivity index (χ1) is 19.7. The average Bonchev–Trinajstić information content (AvgIpc) is 3.37. The Morgan fingerprint density at radius 1 is 0.927 bits per heavy atom. The minimum Gasteiger partial charge on any atom is -0.385 e. The monoisotopic (exact) mass is 569 g/mol. The van der Waals surface area contributed by atoms with Gasteiger partial charge in [-0.2, -0.15) is 13.2 Å². The van der Waals surface area contributed by atoms with Crippen LogP contribution >= 0.6 is 0 Å². The van der Waals surface area contributed by atoms with Crippen molar-refractivity contribution in [2.45, 2.75) is 25.6 Å². The molecule has 0 aliphatic carbocycles. The van der Waals surface area contributed by atoms with Crippen molar-refractivity contribution in [2.24, 2.45) is 0 Å². The summed E-state index contributed by atoms with van der Waals surface area (Å²) in [6.07, 6.45) is -1.66. The fourth-order valence-corrected chi connectivity index (χ4v) is 4.62. The number of aromatic amines is 1. The maximum absolute atomic E-state index is 13.8. The number of carbonyl (C=O) groups excluding carboxylic acids is 2. The average molecular weight is 570 g/mol. The molecule has 6 nitrogen and oxygen atoms in total. The normalized spacial score (nSPS) is 11.5. The van der Waals surface area contributed by atoms with Crippen molar-refractivity contribution in [2.75, 3.05) is 33.4 Å². The van der Waals surface area contributed by atoms with E-state index in [9.17, 15) is 27.2 Å². The van der Waals surface area contributed by atoms with Crippen molar-refractivity contribution in [1.82, 2.24) is 14.8 Å². The number of alkyl halides is 3. The van der Waals surface area contributed by atoms with E-state index in [1.165, 1.54) is 47.2 Å². The summed E-state index contributed by atoms with van der Waals surface area (Å²) in [7, 11) is 1.53. The molecule has 0 spiro atoms. The number of nitrogens with zero attached hydrogens (tertiary/aromatic N) is 2. The van der Waals surface area contributed by atoms with Crippen LogP contribution in [0.25, 0.3) is 10.9 Å². The summed E-state index contributed by atoms with van der Waals surface area (Å²) in [6.45, 7) is 0.594. The molecule has 0 fully saturated rings. The Balaban J connectivity index is 1.56. The van der Waals surface area contributed by atoms with Crippen LogP contribution in [0.3, 0.4) is 0 Å². The Morgan fingerprint density at radius 3 is 2.39 bits per heavy atom. The van der Waals surface area contributed by atoms with E-state index >= 15 is 0 Å². The molecule has 10 heteroatoms.